The molecule has 2 rings (SSSR count). The van der Waals surface area contributed by atoms with Gasteiger partial charge in [0.25, 0.3) is 0 Å². The van der Waals surface area contributed by atoms with Gasteiger partial charge in [0.05, 0.1) is 13.2 Å². The molecule has 0 aliphatic carbocycles. The van der Waals surface area contributed by atoms with Crippen LogP contribution in [0, 0.1) is 23.3 Å². The number of hydrogen-bond donors (Lipinski definition) is 1. The highest BCUT2D eigenvalue weighted by atomic mass is 19.2. The maximum atomic E-state index is 14.1. The van der Waals surface area contributed by atoms with Crippen molar-refractivity contribution in [3.8, 4) is 5.75 Å². The summed E-state index contributed by atoms with van der Waals surface area (Å²) in [5.41, 5.74) is 0.252. The van der Waals surface area contributed by atoms with Crippen molar-refractivity contribution in [1.82, 2.24) is 5.32 Å². The molecule has 0 amide bonds. The summed E-state index contributed by atoms with van der Waals surface area (Å²) in [5.74, 6) is -4.47. The van der Waals surface area contributed by atoms with E-state index in [-0.39, 0.29) is 11.1 Å². The Kier molecular flexibility index (Phi) is 4.47. The normalized spacial score (nSPS) is 12.3. The van der Waals surface area contributed by atoms with E-state index in [1.54, 1.807) is 0 Å². The summed E-state index contributed by atoms with van der Waals surface area (Å²) in [6.45, 7) is 0. The molecule has 0 saturated heterocycles. The molecule has 0 saturated carbocycles. The molecule has 0 radical (unpaired) electrons. The molecule has 0 bridgehead atoms. The van der Waals surface area contributed by atoms with Crippen LogP contribution in [-0.2, 0) is 0 Å². The van der Waals surface area contributed by atoms with Crippen molar-refractivity contribution in [2.75, 3.05) is 14.2 Å². The summed E-state index contributed by atoms with van der Waals surface area (Å²) in [6, 6.07) is 4.98. The smallest absolute Gasteiger partial charge is 0.194 e. The largest absolute Gasteiger partial charge is 0.497 e. The van der Waals surface area contributed by atoms with Crippen LogP contribution in [0.2, 0.25) is 0 Å². The average molecular weight is 299 g/mol. The lowest BCUT2D eigenvalue weighted by atomic mass is 9.98. The Labute approximate surface area is 119 Å². The van der Waals surface area contributed by atoms with Crippen molar-refractivity contribution in [2.24, 2.45) is 0 Å². The van der Waals surface area contributed by atoms with E-state index in [0.717, 1.165) is 18.2 Å². The molecule has 1 atom stereocenters. The topological polar surface area (TPSA) is 21.3 Å². The van der Waals surface area contributed by atoms with Gasteiger partial charge >= 0.3 is 0 Å². The van der Waals surface area contributed by atoms with Gasteiger partial charge in [-0.2, -0.15) is 0 Å². The molecule has 2 aromatic rings. The second kappa shape index (κ2) is 6.13. The van der Waals surface area contributed by atoms with Crippen molar-refractivity contribution in [1.29, 1.82) is 0 Å². The predicted molar refractivity (Wildman–Crippen MR) is 70.2 cm³/mol. The molecular formula is C15H13F4NO. The van der Waals surface area contributed by atoms with Crippen LogP contribution in [-0.4, -0.2) is 14.2 Å². The number of nitrogens with one attached hydrogen (secondary N) is 1. The predicted octanol–water partition coefficient (Wildman–Crippen LogP) is 3.56. The molecule has 2 nitrogen and oxygen atoms in total. The highest BCUT2D eigenvalue weighted by molar-refractivity contribution is 5.37. The van der Waals surface area contributed by atoms with E-state index in [1.165, 1.54) is 26.3 Å². The van der Waals surface area contributed by atoms with Gasteiger partial charge in [-0.1, -0.05) is 6.07 Å². The van der Waals surface area contributed by atoms with Crippen molar-refractivity contribution in [2.45, 2.75) is 6.04 Å². The summed E-state index contributed by atoms with van der Waals surface area (Å²) < 4.78 is 58.6. The van der Waals surface area contributed by atoms with Gasteiger partial charge < -0.3 is 10.1 Å². The first kappa shape index (κ1) is 15.3. The molecule has 0 fully saturated rings. The maximum Gasteiger partial charge on any atom is 0.194 e. The molecule has 0 aliphatic heterocycles. The zero-order valence-corrected chi connectivity index (χ0v) is 11.4. The van der Waals surface area contributed by atoms with Crippen LogP contribution < -0.4 is 10.1 Å². The number of halogens is 4. The minimum Gasteiger partial charge on any atom is -0.497 e. The van der Waals surface area contributed by atoms with Gasteiger partial charge in [0, 0.05) is 11.6 Å². The lowest BCUT2D eigenvalue weighted by Crippen LogP contribution is -2.19. The molecule has 0 aliphatic rings. The number of ether oxygens (including phenoxy) is 1. The minimum absolute atomic E-state index is 0.0815. The standard InChI is InChI=1S/C15H13F4NO/c1-20-15(8-5-12(17)14(19)13(18)6-8)10-4-3-9(21-2)7-11(10)16/h3-7,15,20H,1-2H3. The van der Waals surface area contributed by atoms with Crippen LogP contribution in [0.15, 0.2) is 30.3 Å². The van der Waals surface area contributed by atoms with E-state index in [9.17, 15) is 17.6 Å². The molecule has 21 heavy (non-hydrogen) atoms. The first-order valence-electron chi connectivity index (χ1n) is 6.13. The van der Waals surface area contributed by atoms with Crippen LogP contribution in [0.5, 0.6) is 5.75 Å². The molecule has 0 heterocycles. The van der Waals surface area contributed by atoms with Crippen molar-refractivity contribution in [3.05, 3.63) is 64.7 Å². The number of benzene rings is 2. The van der Waals surface area contributed by atoms with E-state index in [0.29, 0.717) is 5.75 Å². The van der Waals surface area contributed by atoms with Crippen molar-refractivity contribution in [3.63, 3.8) is 0 Å². The highest BCUT2D eigenvalue weighted by Crippen LogP contribution is 2.28. The Morgan fingerprint density at radius 3 is 2.05 bits per heavy atom. The third-order valence-corrected chi connectivity index (χ3v) is 3.15. The van der Waals surface area contributed by atoms with Crippen LogP contribution in [0.3, 0.4) is 0 Å². The zero-order chi connectivity index (χ0) is 15.6. The number of methoxy groups -OCH3 is 1. The fourth-order valence-electron chi connectivity index (χ4n) is 2.11. The van der Waals surface area contributed by atoms with E-state index >= 15 is 0 Å². The lowest BCUT2D eigenvalue weighted by molar-refractivity contribution is 0.410. The van der Waals surface area contributed by atoms with Gasteiger partial charge in [-0.15, -0.1) is 0 Å². The quantitative estimate of drug-likeness (QED) is 0.688. The van der Waals surface area contributed by atoms with Gasteiger partial charge in [0.15, 0.2) is 17.5 Å². The number of rotatable bonds is 4. The van der Waals surface area contributed by atoms with Crippen LogP contribution in [0.25, 0.3) is 0 Å². The van der Waals surface area contributed by atoms with E-state index < -0.39 is 29.3 Å². The second-order valence-corrected chi connectivity index (χ2v) is 4.41. The van der Waals surface area contributed by atoms with Gasteiger partial charge in [-0.25, -0.2) is 17.6 Å². The van der Waals surface area contributed by atoms with Gasteiger partial charge in [0.1, 0.15) is 11.6 Å². The molecule has 6 heteroatoms. The summed E-state index contributed by atoms with van der Waals surface area (Å²) in [5, 5.41) is 2.75. The van der Waals surface area contributed by atoms with Gasteiger partial charge in [-0.05, 0) is 30.8 Å². The highest BCUT2D eigenvalue weighted by Gasteiger charge is 2.20. The second-order valence-electron chi connectivity index (χ2n) is 4.41. The Hall–Kier alpha value is -2.08. The fraction of sp³-hybridized carbons (Fsp3) is 0.200. The fourth-order valence-corrected chi connectivity index (χ4v) is 2.11. The first-order chi connectivity index (χ1) is 9.97. The van der Waals surface area contributed by atoms with Crippen molar-refractivity contribution >= 4 is 0 Å². The molecule has 2 aromatic carbocycles. The third-order valence-electron chi connectivity index (χ3n) is 3.15. The molecule has 0 aromatic heterocycles. The molecule has 0 spiro atoms. The average Bonchev–Trinajstić information content (AvgIpc) is 2.46. The van der Waals surface area contributed by atoms with E-state index in [2.05, 4.69) is 5.32 Å². The van der Waals surface area contributed by atoms with Crippen LogP contribution in [0.4, 0.5) is 17.6 Å². The Morgan fingerprint density at radius 2 is 1.57 bits per heavy atom. The maximum absolute atomic E-state index is 14.1. The Morgan fingerprint density at radius 1 is 0.952 bits per heavy atom. The summed E-state index contributed by atoms with van der Waals surface area (Å²) >= 11 is 0. The molecular weight excluding hydrogens is 286 g/mol. The molecule has 112 valence electrons. The van der Waals surface area contributed by atoms with E-state index in [1.807, 2.05) is 0 Å². The van der Waals surface area contributed by atoms with Crippen LogP contribution >= 0.6 is 0 Å². The monoisotopic (exact) mass is 299 g/mol. The SMILES string of the molecule is CNC(c1cc(F)c(F)c(F)c1)c1ccc(OC)cc1F. The number of hydrogen-bond acceptors (Lipinski definition) is 2. The lowest BCUT2D eigenvalue weighted by Gasteiger charge is -2.19. The van der Waals surface area contributed by atoms with Gasteiger partial charge in [-0.3, -0.25) is 0 Å². The Bertz CT molecular complexity index is 637. The summed E-state index contributed by atoms with van der Waals surface area (Å²) in [6.07, 6.45) is 0. The zero-order valence-electron chi connectivity index (χ0n) is 11.4. The van der Waals surface area contributed by atoms with Gasteiger partial charge in [0.2, 0.25) is 0 Å². The summed E-state index contributed by atoms with van der Waals surface area (Å²) in [7, 11) is 2.90. The minimum atomic E-state index is -1.55. The van der Waals surface area contributed by atoms with Crippen LogP contribution in [0.1, 0.15) is 17.2 Å². The Balaban J connectivity index is 2.49. The molecule has 1 unspecified atom stereocenters. The first-order valence-corrected chi connectivity index (χ1v) is 6.13. The molecule has 1 N–H and O–H groups in total. The summed E-state index contributed by atoms with van der Waals surface area (Å²) in [4.78, 5) is 0. The third kappa shape index (κ3) is 3.00. The van der Waals surface area contributed by atoms with Crippen molar-refractivity contribution < 1.29 is 22.3 Å². The van der Waals surface area contributed by atoms with E-state index in [4.69, 9.17) is 4.74 Å².